The summed E-state index contributed by atoms with van der Waals surface area (Å²) < 4.78 is 28.0. The Hall–Kier alpha value is -2.67. The number of hydrogen-bond donors (Lipinski definition) is 1. The minimum Gasteiger partial charge on any atom is -0.271 e. The maximum absolute atomic E-state index is 13.4. The van der Waals surface area contributed by atoms with Crippen LogP contribution in [0.25, 0.3) is 0 Å². The van der Waals surface area contributed by atoms with Crippen LogP contribution in [-0.4, -0.2) is 26.6 Å². The SMILES string of the molecule is Cc1ccc(N(CC(=O)NN=C2CCC(C(C)(C)C)CC2)S(=O)(=O)c2ccccc2)cc1C. The normalized spacial score (nSPS) is 16.9. The molecule has 1 N–H and O–H groups in total. The molecule has 0 spiro atoms. The highest BCUT2D eigenvalue weighted by molar-refractivity contribution is 7.92. The molecule has 0 saturated heterocycles. The molecule has 1 saturated carbocycles. The number of amides is 1. The van der Waals surface area contributed by atoms with Crippen molar-refractivity contribution in [2.75, 3.05) is 10.8 Å². The van der Waals surface area contributed by atoms with Gasteiger partial charge in [-0.2, -0.15) is 5.10 Å². The van der Waals surface area contributed by atoms with Gasteiger partial charge in [-0.05, 0) is 86.3 Å². The zero-order chi connectivity index (χ0) is 24.2. The molecule has 1 fully saturated rings. The molecule has 2 aromatic carbocycles. The molecule has 7 heteroatoms. The molecule has 0 aliphatic heterocycles. The van der Waals surface area contributed by atoms with Gasteiger partial charge in [0.1, 0.15) is 6.54 Å². The van der Waals surface area contributed by atoms with Crippen molar-refractivity contribution < 1.29 is 13.2 Å². The van der Waals surface area contributed by atoms with Gasteiger partial charge in [-0.3, -0.25) is 9.10 Å². The van der Waals surface area contributed by atoms with Crippen LogP contribution in [0.4, 0.5) is 5.69 Å². The fourth-order valence-corrected chi connectivity index (χ4v) is 5.59. The molecular formula is C26H35N3O3S. The van der Waals surface area contributed by atoms with Crippen LogP contribution in [0.3, 0.4) is 0 Å². The zero-order valence-corrected chi connectivity index (χ0v) is 21.1. The summed E-state index contributed by atoms with van der Waals surface area (Å²) in [5.41, 5.74) is 6.30. The Morgan fingerprint density at radius 3 is 2.24 bits per heavy atom. The van der Waals surface area contributed by atoms with E-state index in [-0.39, 0.29) is 16.9 Å². The van der Waals surface area contributed by atoms with Crippen molar-refractivity contribution in [3.63, 3.8) is 0 Å². The van der Waals surface area contributed by atoms with Gasteiger partial charge in [0.2, 0.25) is 0 Å². The number of anilines is 1. The highest BCUT2D eigenvalue weighted by Crippen LogP contribution is 2.36. The minimum absolute atomic E-state index is 0.142. The fraction of sp³-hybridized carbons (Fsp3) is 0.462. The molecule has 0 unspecified atom stereocenters. The predicted octanol–water partition coefficient (Wildman–Crippen LogP) is 5.21. The van der Waals surface area contributed by atoms with Gasteiger partial charge in [0.05, 0.1) is 10.6 Å². The first-order valence-electron chi connectivity index (χ1n) is 11.5. The molecule has 3 rings (SSSR count). The van der Waals surface area contributed by atoms with E-state index in [0.717, 1.165) is 46.8 Å². The Balaban J connectivity index is 1.78. The van der Waals surface area contributed by atoms with E-state index in [1.54, 1.807) is 30.3 Å². The first-order valence-corrected chi connectivity index (χ1v) is 12.9. The Bertz CT molecular complexity index is 1110. The molecule has 0 aromatic heterocycles. The third-order valence-electron chi connectivity index (χ3n) is 6.52. The van der Waals surface area contributed by atoms with Gasteiger partial charge >= 0.3 is 0 Å². The van der Waals surface area contributed by atoms with Crippen molar-refractivity contribution in [1.82, 2.24) is 5.43 Å². The summed E-state index contributed by atoms with van der Waals surface area (Å²) in [6, 6.07) is 13.6. The average Bonchev–Trinajstić information content (AvgIpc) is 2.78. The summed E-state index contributed by atoms with van der Waals surface area (Å²) >= 11 is 0. The molecule has 1 aliphatic rings. The zero-order valence-electron chi connectivity index (χ0n) is 20.3. The molecular weight excluding hydrogens is 434 g/mol. The van der Waals surface area contributed by atoms with Crippen LogP contribution in [0, 0.1) is 25.2 Å². The molecule has 0 heterocycles. The van der Waals surface area contributed by atoms with Gasteiger partial charge in [-0.15, -0.1) is 0 Å². The summed E-state index contributed by atoms with van der Waals surface area (Å²) in [7, 11) is -3.92. The predicted molar refractivity (Wildman–Crippen MR) is 134 cm³/mol. The number of nitrogens with one attached hydrogen (secondary N) is 1. The highest BCUT2D eigenvalue weighted by Gasteiger charge is 2.29. The van der Waals surface area contributed by atoms with E-state index in [4.69, 9.17) is 0 Å². The quantitative estimate of drug-likeness (QED) is 0.590. The molecule has 178 valence electrons. The molecule has 2 aromatic rings. The van der Waals surface area contributed by atoms with Crippen LogP contribution in [0.2, 0.25) is 0 Å². The van der Waals surface area contributed by atoms with E-state index in [1.807, 2.05) is 19.9 Å². The summed E-state index contributed by atoms with van der Waals surface area (Å²) in [6.45, 7) is 10.3. The second-order valence-electron chi connectivity index (χ2n) is 9.95. The Morgan fingerprint density at radius 2 is 1.67 bits per heavy atom. The smallest absolute Gasteiger partial charge is 0.264 e. The van der Waals surface area contributed by atoms with E-state index in [0.29, 0.717) is 11.6 Å². The third-order valence-corrected chi connectivity index (χ3v) is 8.31. The van der Waals surface area contributed by atoms with Crippen molar-refractivity contribution in [3.8, 4) is 0 Å². The number of sulfonamides is 1. The van der Waals surface area contributed by atoms with Crippen molar-refractivity contribution in [2.24, 2.45) is 16.4 Å². The number of aryl methyl sites for hydroxylation is 2. The van der Waals surface area contributed by atoms with Gasteiger partial charge in [0, 0.05) is 5.71 Å². The molecule has 33 heavy (non-hydrogen) atoms. The molecule has 6 nitrogen and oxygen atoms in total. The van der Waals surface area contributed by atoms with Crippen LogP contribution in [0.15, 0.2) is 58.5 Å². The van der Waals surface area contributed by atoms with E-state index in [9.17, 15) is 13.2 Å². The van der Waals surface area contributed by atoms with Gasteiger partial charge in [-0.25, -0.2) is 13.8 Å². The number of nitrogens with zero attached hydrogens (tertiary/aromatic N) is 2. The second-order valence-corrected chi connectivity index (χ2v) is 11.8. The second kappa shape index (κ2) is 10.1. The summed E-state index contributed by atoms with van der Waals surface area (Å²) in [5.74, 6) is 0.182. The lowest BCUT2D eigenvalue weighted by molar-refractivity contribution is -0.119. The molecule has 1 aliphatic carbocycles. The maximum atomic E-state index is 13.4. The lowest BCUT2D eigenvalue weighted by atomic mass is 9.72. The number of hydrogen-bond acceptors (Lipinski definition) is 4. The molecule has 1 amide bonds. The van der Waals surface area contributed by atoms with E-state index < -0.39 is 15.9 Å². The standard InChI is InChI=1S/C26H35N3O3S/c1-19-11-16-23(17-20(19)2)29(33(31,32)24-9-7-6-8-10-24)18-25(30)28-27-22-14-12-21(13-15-22)26(3,4)5/h6-11,16-17,21H,12-15,18H2,1-5H3,(H,28,30). The van der Waals surface area contributed by atoms with Crippen molar-refractivity contribution in [3.05, 3.63) is 59.7 Å². The number of carbonyl (C=O) groups is 1. The number of hydrazone groups is 1. The Labute approximate surface area is 198 Å². The average molecular weight is 470 g/mol. The maximum Gasteiger partial charge on any atom is 0.264 e. The van der Waals surface area contributed by atoms with Crippen molar-refractivity contribution in [2.45, 2.75) is 65.2 Å². The monoisotopic (exact) mass is 469 g/mol. The largest absolute Gasteiger partial charge is 0.271 e. The molecule has 0 atom stereocenters. The minimum atomic E-state index is -3.92. The lowest BCUT2D eigenvalue weighted by Gasteiger charge is -2.34. The third kappa shape index (κ3) is 6.22. The van der Waals surface area contributed by atoms with Gasteiger partial charge in [0.25, 0.3) is 15.9 Å². The van der Waals surface area contributed by atoms with Crippen LogP contribution in [-0.2, 0) is 14.8 Å². The van der Waals surface area contributed by atoms with Crippen LogP contribution >= 0.6 is 0 Å². The summed E-state index contributed by atoms with van der Waals surface area (Å²) in [5, 5.41) is 4.33. The van der Waals surface area contributed by atoms with Crippen molar-refractivity contribution >= 4 is 27.3 Å². The van der Waals surface area contributed by atoms with E-state index in [2.05, 4.69) is 31.3 Å². The first kappa shape index (κ1) is 25.0. The topological polar surface area (TPSA) is 78.8 Å². The summed E-state index contributed by atoms with van der Waals surface area (Å²) in [4.78, 5) is 12.9. The fourth-order valence-electron chi connectivity index (χ4n) is 4.15. The van der Waals surface area contributed by atoms with Crippen LogP contribution in [0.5, 0.6) is 0 Å². The van der Waals surface area contributed by atoms with Gasteiger partial charge in [0.15, 0.2) is 0 Å². The summed E-state index contributed by atoms with van der Waals surface area (Å²) in [6.07, 6.45) is 3.81. The van der Waals surface area contributed by atoms with E-state index >= 15 is 0 Å². The van der Waals surface area contributed by atoms with Crippen molar-refractivity contribution in [1.29, 1.82) is 0 Å². The number of benzene rings is 2. The Kier molecular flexibility index (Phi) is 7.62. The molecule has 0 bridgehead atoms. The Morgan fingerprint density at radius 1 is 1.03 bits per heavy atom. The molecule has 0 radical (unpaired) electrons. The van der Waals surface area contributed by atoms with Crippen LogP contribution in [0.1, 0.15) is 57.6 Å². The van der Waals surface area contributed by atoms with Gasteiger partial charge < -0.3 is 0 Å². The van der Waals surface area contributed by atoms with Gasteiger partial charge in [-0.1, -0.05) is 45.0 Å². The number of rotatable bonds is 6. The first-order chi connectivity index (χ1) is 15.5. The number of carbonyl (C=O) groups excluding carboxylic acids is 1. The lowest BCUT2D eigenvalue weighted by Crippen LogP contribution is -2.40. The van der Waals surface area contributed by atoms with E-state index in [1.165, 1.54) is 12.1 Å². The highest BCUT2D eigenvalue weighted by atomic mass is 32.2. The van der Waals surface area contributed by atoms with Crippen LogP contribution < -0.4 is 9.73 Å².